The minimum Gasteiger partial charge on any atom is -0.355 e. The highest BCUT2D eigenvalue weighted by Gasteiger charge is 2.12. The summed E-state index contributed by atoms with van der Waals surface area (Å²) in [6, 6.07) is 0.532. The van der Waals surface area contributed by atoms with Gasteiger partial charge in [-0.3, -0.25) is 4.99 Å². The fourth-order valence-electron chi connectivity index (χ4n) is 2.82. The minimum atomic E-state index is 0.532. The van der Waals surface area contributed by atoms with Crippen LogP contribution in [0, 0.1) is 0 Å². The predicted molar refractivity (Wildman–Crippen MR) is 81.6 cm³/mol. The van der Waals surface area contributed by atoms with Crippen LogP contribution in [0.5, 0.6) is 0 Å². The fraction of sp³-hybridized carbons (Fsp3) is 0.800. The van der Waals surface area contributed by atoms with E-state index in [1.807, 2.05) is 7.05 Å². The third-order valence-corrected chi connectivity index (χ3v) is 3.99. The van der Waals surface area contributed by atoms with Crippen LogP contribution in [0.1, 0.15) is 38.5 Å². The molecule has 1 fully saturated rings. The lowest BCUT2D eigenvalue weighted by Crippen LogP contribution is -2.45. The van der Waals surface area contributed by atoms with E-state index in [-0.39, 0.29) is 0 Å². The summed E-state index contributed by atoms with van der Waals surface area (Å²) in [6.07, 6.45) is 12.2. The Morgan fingerprint density at radius 1 is 1.16 bits per heavy atom. The summed E-state index contributed by atoms with van der Waals surface area (Å²) in [4.78, 5) is 6.87. The Bertz CT molecular complexity index is 295. The lowest BCUT2D eigenvalue weighted by molar-refractivity contribution is 0.289. The van der Waals surface area contributed by atoms with E-state index in [4.69, 9.17) is 0 Å². The second kappa shape index (κ2) is 8.20. The smallest absolute Gasteiger partial charge is 0.191 e. The monoisotopic (exact) mass is 264 g/mol. The van der Waals surface area contributed by atoms with Crippen molar-refractivity contribution in [2.24, 2.45) is 4.99 Å². The van der Waals surface area contributed by atoms with Crippen molar-refractivity contribution >= 4 is 5.96 Å². The van der Waals surface area contributed by atoms with E-state index in [1.165, 1.54) is 38.8 Å². The Balaban J connectivity index is 1.62. The van der Waals surface area contributed by atoms with Crippen molar-refractivity contribution in [3.63, 3.8) is 0 Å². The highest BCUT2D eigenvalue weighted by atomic mass is 15.2. The summed E-state index contributed by atoms with van der Waals surface area (Å²) in [7, 11) is 1.85. The van der Waals surface area contributed by atoms with Gasteiger partial charge in [-0.1, -0.05) is 25.0 Å². The molecular formula is C15H28N4. The van der Waals surface area contributed by atoms with Crippen molar-refractivity contribution < 1.29 is 0 Å². The molecular weight excluding hydrogens is 236 g/mol. The first kappa shape index (κ1) is 14.4. The first-order valence-electron chi connectivity index (χ1n) is 7.73. The molecule has 4 nitrogen and oxygen atoms in total. The number of guanidine groups is 1. The van der Waals surface area contributed by atoms with Gasteiger partial charge in [-0.25, -0.2) is 0 Å². The van der Waals surface area contributed by atoms with Crippen molar-refractivity contribution in [1.82, 2.24) is 15.5 Å². The summed E-state index contributed by atoms with van der Waals surface area (Å²) in [5, 5.41) is 6.91. The third-order valence-electron chi connectivity index (χ3n) is 3.99. The molecule has 0 atom stereocenters. The molecule has 4 heteroatoms. The van der Waals surface area contributed by atoms with Crippen LogP contribution in [0.15, 0.2) is 17.1 Å². The number of hydrogen-bond donors (Lipinski definition) is 2. The van der Waals surface area contributed by atoms with E-state index in [1.54, 1.807) is 0 Å². The molecule has 0 aromatic carbocycles. The summed E-state index contributed by atoms with van der Waals surface area (Å²) >= 11 is 0. The molecule has 0 radical (unpaired) electrons. The van der Waals surface area contributed by atoms with Crippen LogP contribution in [-0.2, 0) is 0 Å². The molecule has 1 aliphatic carbocycles. The minimum absolute atomic E-state index is 0.532. The molecule has 0 amide bonds. The molecule has 1 heterocycles. The second-order valence-corrected chi connectivity index (χ2v) is 5.54. The highest BCUT2D eigenvalue weighted by molar-refractivity contribution is 5.80. The topological polar surface area (TPSA) is 39.7 Å². The van der Waals surface area contributed by atoms with Crippen LogP contribution >= 0.6 is 0 Å². The van der Waals surface area contributed by atoms with Gasteiger partial charge in [0, 0.05) is 26.2 Å². The van der Waals surface area contributed by atoms with Gasteiger partial charge in [-0.2, -0.15) is 0 Å². The predicted octanol–water partition coefficient (Wildman–Crippen LogP) is 1.75. The molecule has 0 aromatic rings. The van der Waals surface area contributed by atoms with Crippen LogP contribution in [0.4, 0.5) is 0 Å². The van der Waals surface area contributed by atoms with E-state index in [9.17, 15) is 0 Å². The quantitative estimate of drug-likeness (QED) is 0.462. The van der Waals surface area contributed by atoms with Gasteiger partial charge in [-0.05, 0) is 38.8 Å². The average molecular weight is 264 g/mol. The summed E-state index contributed by atoms with van der Waals surface area (Å²) < 4.78 is 0. The number of hydrogen-bond acceptors (Lipinski definition) is 2. The zero-order chi connectivity index (χ0) is 13.3. The lowest BCUT2D eigenvalue weighted by Gasteiger charge is -2.21. The van der Waals surface area contributed by atoms with Crippen molar-refractivity contribution in [3.8, 4) is 0 Å². The van der Waals surface area contributed by atoms with Crippen molar-refractivity contribution in [1.29, 1.82) is 0 Å². The SMILES string of the molecule is CN=C(NCCN1CCCCCC1)NC1CC=CC1. The number of likely N-dealkylation sites (tertiary alicyclic amines) is 1. The van der Waals surface area contributed by atoms with Crippen LogP contribution in [0.2, 0.25) is 0 Å². The molecule has 0 aromatic heterocycles. The number of rotatable bonds is 4. The first-order chi connectivity index (χ1) is 9.38. The molecule has 2 aliphatic rings. The third kappa shape index (κ3) is 5.23. The summed E-state index contributed by atoms with van der Waals surface area (Å²) in [5.41, 5.74) is 0. The van der Waals surface area contributed by atoms with Crippen LogP contribution in [0.25, 0.3) is 0 Å². The Hall–Kier alpha value is -1.03. The molecule has 1 aliphatic heterocycles. The van der Waals surface area contributed by atoms with Crippen molar-refractivity contribution in [2.75, 3.05) is 33.2 Å². The fourth-order valence-corrected chi connectivity index (χ4v) is 2.82. The van der Waals surface area contributed by atoms with Gasteiger partial charge >= 0.3 is 0 Å². The van der Waals surface area contributed by atoms with Crippen LogP contribution in [-0.4, -0.2) is 50.1 Å². The molecule has 2 N–H and O–H groups in total. The average Bonchev–Trinajstić information content (AvgIpc) is 2.80. The van der Waals surface area contributed by atoms with E-state index in [0.717, 1.165) is 31.9 Å². The Kier molecular flexibility index (Phi) is 6.21. The molecule has 0 saturated carbocycles. The van der Waals surface area contributed by atoms with Gasteiger partial charge in [0.1, 0.15) is 0 Å². The normalized spacial score (nSPS) is 22.5. The van der Waals surface area contributed by atoms with Gasteiger partial charge in [0.15, 0.2) is 5.96 Å². The first-order valence-corrected chi connectivity index (χ1v) is 7.73. The van der Waals surface area contributed by atoms with Crippen LogP contribution in [0.3, 0.4) is 0 Å². The highest BCUT2D eigenvalue weighted by Crippen LogP contribution is 2.09. The molecule has 108 valence electrons. The molecule has 0 unspecified atom stereocenters. The lowest BCUT2D eigenvalue weighted by atomic mass is 10.2. The number of nitrogens with one attached hydrogen (secondary N) is 2. The zero-order valence-corrected chi connectivity index (χ0v) is 12.2. The maximum Gasteiger partial charge on any atom is 0.191 e. The zero-order valence-electron chi connectivity index (χ0n) is 12.2. The summed E-state index contributed by atoms with van der Waals surface area (Å²) in [5.74, 6) is 0.948. The van der Waals surface area contributed by atoms with Crippen LogP contribution < -0.4 is 10.6 Å². The van der Waals surface area contributed by atoms with Gasteiger partial charge < -0.3 is 15.5 Å². The number of aliphatic imine (C=N–C) groups is 1. The van der Waals surface area contributed by atoms with Gasteiger partial charge in [0.2, 0.25) is 0 Å². The van der Waals surface area contributed by atoms with E-state index in [0.29, 0.717) is 6.04 Å². The number of nitrogens with zero attached hydrogens (tertiary/aromatic N) is 2. The second-order valence-electron chi connectivity index (χ2n) is 5.54. The van der Waals surface area contributed by atoms with Crippen molar-refractivity contribution in [2.45, 2.75) is 44.6 Å². The Labute approximate surface area is 117 Å². The van der Waals surface area contributed by atoms with E-state index < -0.39 is 0 Å². The maximum absolute atomic E-state index is 4.30. The Morgan fingerprint density at radius 2 is 1.84 bits per heavy atom. The van der Waals surface area contributed by atoms with Gasteiger partial charge in [0.25, 0.3) is 0 Å². The van der Waals surface area contributed by atoms with Gasteiger partial charge in [-0.15, -0.1) is 0 Å². The van der Waals surface area contributed by atoms with E-state index in [2.05, 4.69) is 32.7 Å². The standard InChI is InChI=1S/C15H28N4/c1-16-15(18-14-8-4-5-9-14)17-10-13-19-11-6-2-3-7-12-19/h4-5,14H,2-3,6-13H2,1H3,(H2,16,17,18). The van der Waals surface area contributed by atoms with Gasteiger partial charge in [0.05, 0.1) is 0 Å². The molecule has 0 bridgehead atoms. The Morgan fingerprint density at radius 3 is 2.47 bits per heavy atom. The van der Waals surface area contributed by atoms with E-state index >= 15 is 0 Å². The summed E-state index contributed by atoms with van der Waals surface area (Å²) in [6.45, 7) is 4.64. The molecule has 19 heavy (non-hydrogen) atoms. The largest absolute Gasteiger partial charge is 0.355 e. The molecule has 0 spiro atoms. The maximum atomic E-state index is 4.30. The van der Waals surface area contributed by atoms with Crippen molar-refractivity contribution in [3.05, 3.63) is 12.2 Å². The molecule has 2 rings (SSSR count). The molecule has 1 saturated heterocycles.